The van der Waals surface area contributed by atoms with Gasteiger partial charge in [-0.25, -0.2) is 0 Å². The van der Waals surface area contributed by atoms with Crippen molar-refractivity contribution in [1.29, 1.82) is 0 Å². The lowest BCUT2D eigenvalue weighted by Crippen LogP contribution is -2.54. The van der Waals surface area contributed by atoms with Crippen LogP contribution in [0.2, 0.25) is 5.02 Å². The zero-order valence-electron chi connectivity index (χ0n) is 24.9. The number of likely N-dealkylation sites (tertiary alicyclic amines) is 1. The number of aryl methyl sites for hydroxylation is 2. The predicted octanol–water partition coefficient (Wildman–Crippen LogP) is 5.96. The standard InChI is InChI=1S/C35H39ClN4O3/c1-24-7-3-8-25(17-24)19-37-35(42)31-22-39(34-30(31)11-5-12-33(34)43-2)15-6-16-40-28-13-14-29(40)21-38(20-28)23-32(41)26-9-4-10-27(36)18-26/h3-5,7-12,17-18,22,28-29H,6,13-16,19-21,23H2,1-2H3,(H,37,42). The normalized spacial score (nSPS) is 18.7. The van der Waals surface area contributed by atoms with E-state index in [1.807, 2.05) is 48.7 Å². The maximum atomic E-state index is 13.4. The number of nitrogens with zero attached hydrogens (tertiary/aromatic N) is 3. The molecule has 1 aromatic heterocycles. The number of aromatic nitrogens is 1. The van der Waals surface area contributed by atoms with Crippen LogP contribution in [0.4, 0.5) is 0 Å². The molecule has 6 rings (SSSR count). The second-order valence-electron chi connectivity index (χ2n) is 11.9. The Labute approximate surface area is 258 Å². The summed E-state index contributed by atoms with van der Waals surface area (Å²) in [6, 6.07) is 22.3. The first-order chi connectivity index (χ1) is 20.9. The van der Waals surface area contributed by atoms with Crippen LogP contribution in [0.5, 0.6) is 5.75 Å². The summed E-state index contributed by atoms with van der Waals surface area (Å²) in [5.74, 6) is 0.816. The maximum Gasteiger partial charge on any atom is 0.253 e. The molecule has 0 radical (unpaired) electrons. The summed E-state index contributed by atoms with van der Waals surface area (Å²) in [7, 11) is 1.68. The Kier molecular flexibility index (Phi) is 8.84. The molecule has 2 fully saturated rings. The van der Waals surface area contributed by atoms with E-state index in [9.17, 15) is 9.59 Å². The van der Waals surface area contributed by atoms with Gasteiger partial charge in [-0.3, -0.25) is 19.4 Å². The highest BCUT2D eigenvalue weighted by Gasteiger charge is 2.39. The van der Waals surface area contributed by atoms with E-state index in [1.54, 1.807) is 19.2 Å². The summed E-state index contributed by atoms with van der Waals surface area (Å²) in [4.78, 5) is 31.2. The largest absolute Gasteiger partial charge is 0.495 e. The summed E-state index contributed by atoms with van der Waals surface area (Å²) in [5, 5.41) is 4.61. The molecule has 43 heavy (non-hydrogen) atoms. The molecular formula is C35H39ClN4O3. The molecule has 4 aromatic rings. The van der Waals surface area contributed by atoms with Crippen LogP contribution >= 0.6 is 11.6 Å². The van der Waals surface area contributed by atoms with Gasteiger partial charge in [-0.05, 0) is 49.9 Å². The van der Waals surface area contributed by atoms with Crippen molar-refractivity contribution in [3.63, 3.8) is 0 Å². The Hall–Kier alpha value is -3.65. The molecule has 3 aromatic carbocycles. The lowest BCUT2D eigenvalue weighted by molar-refractivity contribution is 0.0588. The summed E-state index contributed by atoms with van der Waals surface area (Å²) in [6.45, 7) is 6.56. The number of para-hydroxylation sites is 1. The predicted molar refractivity (Wildman–Crippen MR) is 171 cm³/mol. The van der Waals surface area contributed by atoms with Crippen LogP contribution in [0.1, 0.15) is 51.1 Å². The van der Waals surface area contributed by atoms with E-state index < -0.39 is 0 Å². The summed E-state index contributed by atoms with van der Waals surface area (Å²) >= 11 is 6.11. The molecule has 2 atom stereocenters. The number of fused-ring (bicyclic) bond motifs is 3. The molecule has 224 valence electrons. The summed E-state index contributed by atoms with van der Waals surface area (Å²) in [6.07, 6.45) is 5.27. The van der Waals surface area contributed by atoms with Crippen molar-refractivity contribution in [2.45, 2.75) is 51.4 Å². The molecule has 2 saturated heterocycles. The Morgan fingerprint density at radius 2 is 1.74 bits per heavy atom. The van der Waals surface area contributed by atoms with Crippen LogP contribution in [0.15, 0.2) is 72.9 Å². The van der Waals surface area contributed by atoms with Crippen LogP contribution < -0.4 is 10.1 Å². The van der Waals surface area contributed by atoms with E-state index in [0.29, 0.717) is 41.3 Å². The van der Waals surface area contributed by atoms with Gasteiger partial charge in [0.25, 0.3) is 5.91 Å². The third-order valence-electron chi connectivity index (χ3n) is 8.90. The van der Waals surface area contributed by atoms with Crippen molar-refractivity contribution in [2.24, 2.45) is 0 Å². The molecule has 3 heterocycles. The maximum absolute atomic E-state index is 13.4. The number of carbonyl (C=O) groups is 2. The van der Waals surface area contributed by atoms with Crippen molar-refractivity contribution in [2.75, 3.05) is 33.3 Å². The average Bonchev–Trinajstić information content (AvgIpc) is 3.49. The van der Waals surface area contributed by atoms with E-state index >= 15 is 0 Å². The Morgan fingerprint density at radius 3 is 2.49 bits per heavy atom. The Morgan fingerprint density at radius 1 is 0.977 bits per heavy atom. The highest BCUT2D eigenvalue weighted by atomic mass is 35.5. The number of amides is 1. The molecular weight excluding hydrogens is 560 g/mol. The fourth-order valence-electron chi connectivity index (χ4n) is 6.90. The molecule has 0 spiro atoms. The smallest absolute Gasteiger partial charge is 0.253 e. The van der Waals surface area contributed by atoms with Gasteiger partial charge in [0.2, 0.25) is 0 Å². The number of rotatable bonds is 11. The Bertz CT molecular complexity index is 1620. The highest BCUT2D eigenvalue weighted by molar-refractivity contribution is 6.31. The molecule has 2 aliphatic heterocycles. The van der Waals surface area contributed by atoms with Crippen LogP contribution in [-0.2, 0) is 13.1 Å². The number of carbonyl (C=O) groups excluding carboxylic acids is 2. The molecule has 0 aliphatic carbocycles. The third-order valence-corrected chi connectivity index (χ3v) is 9.13. The second kappa shape index (κ2) is 12.9. The molecule has 1 amide bonds. The topological polar surface area (TPSA) is 66.8 Å². The van der Waals surface area contributed by atoms with Gasteiger partial charge in [0.15, 0.2) is 5.78 Å². The summed E-state index contributed by atoms with van der Waals surface area (Å²) in [5.41, 5.74) is 4.56. The first kappa shape index (κ1) is 29.4. The number of hydrogen-bond donors (Lipinski definition) is 1. The zero-order chi connectivity index (χ0) is 29.9. The minimum atomic E-state index is -0.0833. The molecule has 2 bridgehead atoms. The highest BCUT2D eigenvalue weighted by Crippen LogP contribution is 2.32. The molecule has 2 aliphatic rings. The first-order valence-corrected chi connectivity index (χ1v) is 15.5. The second-order valence-corrected chi connectivity index (χ2v) is 12.3. The zero-order valence-corrected chi connectivity index (χ0v) is 25.6. The van der Waals surface area contributed by atoms with Crippen molar-refractivity contribution < 1.29 is 14.3 Å². The molecule has 1 N–H and O–H groups in total. The fourth-order valence-corrected chi connectivity index (χ4v) is 7.09. The quantitative estimate of drug-likeness (QED) is 0.216. The molecule has 0 saturated carbocycles. The number of piperazine rings is 1. The fraction of sp³-hybridized carbons (Fsp3) is 0.371. The number of nitrogens with one attached hydrogen (secondary N) is 1. The lowest BCUT2D eigenvalue weighted by atomic mass is 10.1. The third kappa shape index (κ3) is 6.49. The van der Waals surface area contributed by atoms with Gasteiger partial charge in [0.05, 0.1) is 24.7 Å². The van der Waals surface area contributed by atoms with E-state index in [-0.39, 0.29) is 11.7 Å². The van der Waals surface area contributed by atoms with Gasteiger partial charge in [-0.15, -0.1) is 0 Å². The Balaban J connectivity index is 1.09. The van der Waals surface area contributed by atoms with Gasteiger partial charge in [-0.1, -0.05) is 65.7 Å². The minimum absolute atomic E-state index is 0.0833. The van der Waals surface area contributed by atoms with Crippen LogP contribution in [-0.4, -0.2) is 71.4 Å². The van der Waals surface area contributed by atoms with E-state index in [4.69, 9.17) is 16.3 Å². The molecule has 8 heteroatoms. The SMILES string of the molecule is COc1cccc2c(C(=O)NCc3cccc(C)c3)cn(CCCN3C4CCC3CN(CC(=O)c3cccc(Cl)c3)C4)c12. The number of benzene rings is 3. The van der Waals surface area contributed by atoms with Crippen molar-refractivity contribution in [1.82, 2.24) is 19.7 Å². The number of Topliss-reactive ketones (excluding diaryl/α,β-unsaturated/α-hetero) is 1. The van der Waals surface area contributed by atoms with Crippen LogP contribution in [0, 0.1) is 6.92 Å². The average molecular weight is 599 g/mol. The van der Waals surface area contributed by atoms with Crippen molar-refractivity contribution >= 4 is 34.2 Å². The van der Waals surface area contributed by atoms with Crippen LogP contribution in [0.25, 0.3) is 10.9 Å². The van der Waals surface area contributed by atoms with E-state index in [1.165, 1.54) is 5.56 Å². The minimum Gasteiger partial charge on any atom is -0.495 e. The number of methoxy groups -OCH3 is 1. The molecule has 2 unspecified atom stereocenters. The van der Waals surface area contributed by atoms with Gasteiger partial charge < -0.3 is 14.6 Å². The van der Waals surface area contributed by atoms with Crippen molar-refractivity contribution in [3.05, 3.63) is 100 Å². The van der Waals surface area contributed by atoms with E-state index in [0.717, 1.165) is 67.7 Å². The number of ether oxygens (including phenoxy) is 1. The number of halogens is 1. The van der Waals surface area contributed by atoms with Crippen molar-refractivity contribution in [3.8, 4) is 5.75 Å². The lowest BCUT2D eigenvalue weighted by Gasteiger charge is -2.41. The van der Waals surface area contributed by atoms with E-state index in [2.05, 4.69) is 38.7 Å². The number of ketones is 1. The molecule has 7 nitrogen and oxygen atoms in total. The number of hydrogen-bond acceptors (Lipinski definition) is 5. The monoisotopic (exact) mass is 598 g/mol. The van der Waals surface area contributed by atoms with Gasteiger partial charge in [0, 0.05) is 67.0 Å². The summed E-state index contributed by atoms with van der Waals surface area (Å²) < 4.78 is 7.90. The first-order valence-electron chi connectivity index (χ1n) is 15.2. The van der Waals surface area contributed by atoms with Crippen LogP contribution in [0.3, 0.4) is 0 Å². The van der Waals surface area contributed by atoms with Gasteiger partial charge >= 0.3 is 0 Å². The van der Waals surface area contributed by atoms with Gasteiger partial charge in [0.1, 0.15) is 5.75 Å². The van der Waals surface area contributed by atoms with Gasteiger partial charge in [-0.2, -0.15) is 0 Å².